The van der Waals surface area contributed by atoms with Crippen LogP contribution in [0, 0.1) is 6.92 Å². The van der Waals surface area contributed by atoms with Gasteiger partial charge in [-0.05, 0) is 49.7 Å². The topological polar surface area (TPSA) is 92.8 Å². The van der Waals surface area contributed by atoms with Crippen LogP contribution in [0.4, 0.5) is 5.69 Å². The number of aryl methyl sites for hydroxylation is 1. The average Bonchev–Trinajstić information content (AvgIpc) is 2.63. The van der Waals surface area contributed by atoms with Crippen molar-refractivity contribution in [1.29, 1.82) is 0 Å². The highest BCUT2D eigenvalue weighted by Gasteiger charge is 2.22. The molecule has 0 aliphatic rings. The number of nitrogens with zero attached hydrogens (tertiary/aromatic N) is 1. The van der Waals surface area contributed by atoms with Crippen LogP contribution in [0.25, 0.3) is 0 Å². The summed E-state index contributed by atoms with van der Waals surface area (Å²) in [5.74, 6) is -1.20. The van der Waals surface area contributed by atoms with E-state index in [1.807, 2.05) is 0 Å². The molecule has 1 N–H and O–H groups in total. The van der Waals surface area contributed by atoms with E-state index >= 15 is 0 Å². The fraction of sp³-hybridized carbons (Fsp3) is 0.263. The molecular weight excluding hydrogens is 448 g/mol. The Morgan fingerprint density at radius 1 is 1.14 bits per heavy atom. The van der Waals surface area contributed by atoms with E-state index in [0.29, 0.717) is 21.3 Å². The third kappa shape index (κ3) is 5.18. The second-order valence-corrected chi connectivity index (χ2v) is 9.38. The van der Waals surface area contributed by atoms with Crippen molar-refractivity contribution in [3.8, 4) is 0 Å². The lowest BCUT2D eigenvalue weighted by Crippen LogP contribution is -2.30. The molecule has 0 aromatic heterocycles. The molecule has 0 aliphatic carbocycles. The predicted octanol–water partition coefficient (Wildman–Crippen LogP) is 3.19. The van der Waals surface area contributed by atoms with Gasteiger partial charge in [-0.3, -0.25) is 4.79 Å². The number of benzene rings is 2. The van der Waals surface area contributed by atoms with Gasteiger partial charge in [0.05, 0.1) is 10.5 Å². The summed E-state index contributed by atoms with van der Waals surface area (Å²) in [6.45, 7) is 3.18. The number of halogens is 1. The lowest BCUT2D eigenvalue weighted by Gasteiger charge is -2.17. The van der Waals surface area contributed by atoms with Crippen LogP contribution in [0.5, 0.6) is 0 Å². The van der Waals surface area contributed by atoms with Crippen LogP contribution in [-0.2, 0) is 19.6 Å². The molecule has 0 heterocycles. The number of carbonyl (C=O) groups is 2. The zero-order valence-corrected chi connectivity index (χ0v) is 18.3. The van der Waals surface area contributed by atoms with Crippen molar-refractivity contribution in [2.24, 2.45) is 0 Å². The molecule has 0 aliphatic heterocycles. The van der Waals surface area contributed by atoms with Crippen molar-refractivity contribution in [3.63, 3.8) is 0 Å². The molecule has 2 aromatic rings. The Labute approximate surface area is 172 Å². The normalized spacial score (nSPS) is 12.5. The maximum Gasteiger partial charge on any atom is 0.338 e. The number of ether oxygens (including phenoxy) is 1. The van der Waals surface area contributed by atoms with Crippen LogP contribution in [0.15, 0.2) is 51.8 Å². The number of carbonyl (C=O) groups excluding carboxylic acids is 2. The molecule has 1 atom stereocenters. The van der Waals surface area contributed by atoms with Gasteiger partial charge in [-0.25, -0.2) is 17.5 Å². The summed E-state index contributed by atoms with van der Waals surface area (Å²) in [5, 5.41) is 2.62. The molecule has 0 bridgehead atoms. The fourth-order valence-electron chi connectivity index (χ4n) is 2.24. The van der Waals surface area contributed by atoms with Crippen LogP contribution >= 0.6 is 15.9 Å². The van der Waals surface area contributed by atoms with Crippen LogP contribution in [-0.4, -0.2) is 44.8 Å². The quantitative estimate of drug-likeness (QED) is 0.657. The number of rotatable bonds is 6. The van der Waals surface area contributed by atoms with Gasteiger partial charge in [0.2, 0.25) is 10.0 Å². The summed E-state index contributed by atoms with van der Waals surface area (Å²) in [5.41, 5.74) is 1.32. The standard InChI is InChI=1S/C19H21BrN2O5S/c1-12-8-9-16(28(25,26)22(3)4)11-17(12)21-18(23)13(2)27-19(24)14-6-5-7-15(20)10-14/h5-11,13H,1-4H3,(H,21,23). The summed E-state index contributed by atoms with van der Waals surface area (Å²) in [4.78, 5) is 24.7. The molecule has 150 valence electrons. The van der Waals surface area contributed by atoms with Crippen molar-refractivity contribution < 1.29 is 22.7 Å². The van der Waals surface area contributed by atoms with E-state index in [4.69, 9.17) is 4.74 Å². The Hall–Kier alpha value is -2.23. The van der Waals surface area contributed by atoms with Crippen molar-refractivity contribution in [1.82, 2.24) is 4.31 Å². The first kappa shape index (κ1) is 22.1. The number of sulfonamides is 1. The highest BCUT2D eigenvalue weighted by atomic mass is 79.9. The SMILES string of the molecule is Cc1ccc(S(=O)(=O)N(C)C)cc1NC(=O)C(C)OC(=O)c1cccc(Br)c1. The lowest BCUT2D eigenvalue weighted by atomic mass is 10.2. The second kappa shape index (κ2) is 8.85. The molecule has 1 amide bonds. The highest BCUT2D eigenvalue weighted by molar-refractivity contribution is 9.10. The van der Waals surface area contributed by atoms with Crippen LogP contribution in [0.2, 0.25) is 0 Å². The van der Waals surface area contributed by atoms with Crippen molar-refractivity contribution in [2.45, 2.75) is 24.8 Å². The van der Waals surface area contributed by atoms with Gasteiger partial charge in [-0.15, -0.1) is 0 Å². The Kier molecular flexibility index (Phi) is 6.97. The van der Waals surface area contributed by atoms with E-state index < -0.39 is 28.0 Å². The molecule has 0 fully saturated rings. The molecule has 0 spiro atoms. The number of nitrogens with one attached hydrogen (secondary N) is 1. The van der Waals surface area contributed by atoms with Gasteiger partial charge in [0.25, 0.3) is 5.91 Å². The van der Waals surface area contributed by atoms with Crippen molar-refractivity contribution >= 4 is 43.5 Å². The minimum atomic E-state index is -3.64. The molecule has 2 aromatic carbocycles. The first-order valence-electron chi connectivity index (χ1n) is 8.33. The number of esters is 1. The monoisotopic (exact) mass is 468 g/mol. The second-order valence-electron chi connectivity index (χ2n) is 6.31. The van der Waals surface area contributed by atoms with E-state index in [1.54, 1.807) is 37.3 Å². The first-order valence-corrected chi connectivity index (χ1v) is 10.6. The molecular formula is C19H21BrN2O5S. The summed E-state index contributed by atoms with van der Waals surface area (Å²) < 4.78 is 31.6. The van der Waals surface area contributed by atoms with E-state index in [1.165, 1.54) is 33.2 Å². The van der Waals surface area contributed by atoms with E-state index in [2.05, 4.69) is 21.2 Å². The van der Waals surface area contributed by atoms with E-state index in [9.17, 15) is 18.0 Å². The maximum atomic E-state index is 12.4. The Morgan fingerprint density at radius 3 is 2.43 bits per heavy atom. The molecule has 1 unspecified atom stereocenters. The molecule has 0 saturated heterocycles. The minimum absolute atomic E-state index is 0.0529. The van der Waals surface area contributed by atoms with E-state index in [-0.39, 0.29) is 4.90 Å². The van der Waals surface area contributed by atoms with Crippen molar-refractivity contribution in [3.05, 3.63) is 58.1 Å². The molecule has 28 heavy (non-hydrogen) atoms. The van der Waals surface area contributed by atoms with Crippen LogP contribution in [0.1, 0.15) is 22.8 Å². The minimum Gasteiger partial charge on any atom is -0.449 e. The number of hydrogen-bond acceptors (Lipinski definition) is 5. The van der Waals surface area contributed by atoms with Gasteiger partial charge >= 0.3 is 5.97 Å². The highest BCUT2D eigenvalue weighted by Crippen LogP contribution is 2.22. The van der Waals surface area contributed by atoms with Gasteiger partial charge < -0.3 is 10.1 Å². The van der Waals surface area contributed by atoms with Gasteiger partial charge in [0.1, 0.15) is 0 Å². The maximum absolute atomic E-state index is 12.4. The zero-order valence-electron chi connectivity index (χ0n) is 15.9. The van der Waals surface area contributed by atoms with Crippen molar-refractivity contribution in [2.75, 3.05) is 19.4 Å². The molecule has 0 saturated carbocycles. The third-order valence-electron chi connectivity index (χ3n) is 3.96. The van der Waals surface area contributed by atoms with Gasteiger partial charge in [-0.2, -0.15) is 0 Å². The van der Waals surface area contributed by atoms with E-state index in [0.717, 1.165) is 4.31 Å². The van der Waals surface area contributed by atoms with Gasteiger partial charge in [0.15, 0.2) is 6.10 Å². The smallest absolute Gasteiger partial charge is 0.338 e. The van der Waals surface area contributed by atoms with Gasteiger partial charge in [-0.1, -0.05) is 28.1 Å². The largest absolute Gasteiger partial charge is 0.449 e. The predicted molar refractivity (Wildman–Crippen MR) is 110 cm³/mol. The average molecular weight is 469 g/mol. The van der Waals surface area contributed by atoms with Crippen LogP contribution in [0.3, 0.4) is 0 Å². The Bertz CT molecular complexity index is 1010. The third-order valence-corrected chi connectivity index (χ3v) is 6.26. The molecule has 2 rings (SSSR count). The number of hydrogen-bond donors (Lipinski definition) is 1. The Morgan fingerprint density at radius 2 is 1.82 bits per heavy atom. The van der Waals surface area contributed by atoms with Gasteiger partial charge in [0, 0.05) is 24.3 Å². The zero-order chi connectivity index (χ0) is 21.1. The number of anilines is 1. The first-order chi connectivity index (χ1) is 13.0. The summed E-state index contributed by atoms with van der Waals surface area (Å²) >= 11 is 3.27. The molecule has 9 heteroatoms. The summed E-state index contributed by atoms with van der Waals surface area (Å²) in [7, 11) is -0.784. The molecule has 0 radical (unpaired) electrons. The lowest BCUT2D eigenvalue weighted by molar-refractivity contribution is -0.123. The number of amides is 1. The van der Waals surface area contributed by atoms with Crippen LogP contribution < -0.4 is 5.32 Å². The Balaban J connectivity index is 2.14. The molecule has 7 nitrogen and oxygen atoms in total. The summed E-state index contributed by atoms with van der Waals surface area (Å²) in [6, 6.07) is 11.1. The summed E-state index contributed by atoms with van der Waals surface area (Å²) in [6.07, 6.45) is -1.07. The fourth-order valence-corrected chi connectivity index (χ4v) is 3.57.